The van der Waals surface area contributed by atoms with Crippen LogP contribution in [0.1, 0.15) is 19.4 Å². The van der Waals surface area contributed by atoms with E-state index in [9.17, 15) is 9.59 Å². The van der Waals surface area contributed by atoms with E-state index in [4.69, 9.17) is 4.74 Å². The normalized spacial score (nSPS) is 11.7. The molecule has 1 amide bonds. The Bertz CT molecular complexity index is 417. The van der Waals surface area contributed by atoms with Crippen molar-refractivity contribution in [2.45, 2.75) is 26.3 Å². The fraction of sp³-hybridized carbons (Fsp3) is 0.385. The maximum atomic E-state index is 11.7. The molecule has 0 aliphatic heterocycles. The highest BCUT2D eigenvalue weighted by atomic mass is 79.9. The van der Waals surface area contributed by atoms with Crippen LogP contribution in [0, 0.1) is 0 Å². The summed E-state index contributed by atoms with van der Waals surface area (Å²) in [5, 5.41) is 2.60. The molecule has 0 heterocycles. The minimum absolute atomic E-state index is 0.196. The van der Waals surface area contributed by atoms with E-state index >= 15 is 0 Å². The van der Waals surface area contributed by atoms with Gasteiger partial charge in [-0.3, -0.25) is 4.79 Å². The number of nitrogens with one attached hydrogen (secondary N) is 1. The van der Waals surface area contributed by atoms with Crippen LogP contribution in [0.3, 0.4) is 0 Å². The van der Waals surface area contributed by atoms with Crippen molar-refractivity contribution >= 4 is 27.8 Å². The monoisotopic (exact) mass is 313 g/mol. The molecule has 0 spiro atoms. The quantitative estimate of drug-likeness (QED) is 0.847. The van der Waals surface area contributed by atoms with Crippen molar-refractivity contribution in [3.8, 4) is 0 Å². The standard InChI is InChI=1S/C13H16BrNO3/c1-3-18-13(17)9(2)15-12(16)8-10-4-6-11(14)7-5-10/h4-7,9H,3,8H2,1-2H3,(H,15,16). The van der Waals surface area contributed by atoms with Gasteiger partial charge >= 0.3 is 5.97 Å². The van der Waals surface area contributed by atoms with Gasteiger partial charge in [-0.15, -0.1) is 0 Å². The number of hydrogen-bond acceptors (Lipinski definition) is 3. The number of carbonyl (C=O) groups is 2. The summed E-state index contributed by atoms with van der Waals surface area (Å²) in [7, 11) is 0. The summed E-state index contributed by atoms with van der Waals surface area (Å²) in [4.78, 5) is 23.0. The zero-order valence-electron chi connectivity index (χ0n) is 10.4. The summed E-state index contributed by atoms with van der Waals surface area (Å²) in [6, 6.07) is 6.85. The van der Waals surface area contributed by atoms with Gasteiger partial charge in [-0.25, -0.2) is 4.79 Å². The average molecular weight is 314 g/mol. The van der Waals surface area contributed by atoms with Crippen LogP contribution in [0.25, 0.3) is 0 Å². The lowest BCUT2D eigenvalue weighted by Gasteiger charge is -2.12. The Morgan fingerprint density at radius 1 is 1.33 bits per heavy atom. The highest BCUT2D eigenvalue weighted by Gasteiger charge is 2.16. The van der Waals surface area contributed by atoms with Crippen LogP contribution in [0.15, 0.2) is 28.7 Å². The van der Waals surface area contributed by atoms with E-state index in [1.165, 1.54) is 0 Å². The smallest absolute Gasteiger partial charge is 0.328 e. The summed E-state index contributed by atoms with van der Waals surface area (Å²) in [6.07, 6.45) is 0.247. The first-order chi connectivity index (χ1) is 8.52. The Balaban J connectivity index is 2.46. The van der Waals surface area contributed by atoms with Crippen molar-refractivity contribution in [1.82, 2.24) is 5.32 Å². The van der Waals surface area contributed by atoms with E-state index in [0.717, 1.165) is 10.0 Å². The molecule has 0 saturated carbocycles. The third-order valence-corrected chi connectivity index (χ3v) is 2.82. The van der Waals surface area contributed by atoms with Crippen LogP contribution in [0.2, 0.25) is 0 Å². The molecule has 1 atom stereocenters. The average Bonchev–Trinajstić information content (AvgIpc) is 2.32. The van der Waals surface area contributed by atoms with Crippen LogP contribution >= 0.6 is 15.9 Å². The molecular weight excluding hydrogens is 298 g/mol. The van der Waals surface area contributed by atoms with Gasteiger partial charge in [0.05, 0.1) is 13.0 Å². The number of halogens is 1. The summed E-state index contributed by atoms with van der Waals surface area (Å²) in [5.41, 5.74) is 0.895. The second kappa shape index (κ2) is 7.16. The highest BCUT2D eigenvalue weighted by Crippen LogP contribution is 2.10. The van der Waals surface area contributed by atoms with Crippen LogP contribution in [0.4, 0.5) is 0 Å². The van der Waals surface area contributed by atoms with Gasteiger partial charge < -0.3 is 10.1 Å². The Hall–Kier alpha value is -1.36. The molecule has 4 nitrogen and oxygen atoms in total. The molecule has 1 aromatic rings. The number of ether oxygens (including phenoxy) is 1. The zero-order chi connectivity index (χ0) is 13.5. The van der Waals surface area contributed by atoms with Gasteiger partial charge in [-0.2, -0.15) is 0 Å². The van der Waals surface area contributed by atoms with Crippen molar-refractivity contribution in [3.63, 3.8) is 0 Å². The third kappa shape index (κ3) is 4.87. The number of benzene rings is 1. The Morgan fingerprint density at radius 2 is 1.94 bits per heavy atom. The lowest BCUT2D eigenvalue weighted by Crippen LogP contribution is -2.40. The van der Waals surface area contributed by atoms with Crippen molar-refractivity contribution in [3.05, 3.63) is 34.3 Å². The summed E-state index contributed by atoms with van der Waals surface area (Å²) in [6.45, 7) is 3.65. The first-order valence-corrected chi connectivity index (χ1v) is 6.52. The van der Waals surface area contributed by atoms with E-state index in [0.29, 0.717) is 6.61 Å². The van der Waals surface area contributed by atoms with Crippen molar-refractivity contribution in [2.24, 2.45) is 0 Å². The van der Waals surface area contributed by atoms with Crippen LogP contribution in [0.5, 0.6) is 0 Å². The lowest BCUT2D eigenvalue weighted by atomic mass is 10.1. The minimum Gasteiger partial charge on any atom is -0.464 e. The van der Waals surface area contributed by atoms with Gasteiger partial charge in [0, 0.05) is 4.47 Å². The lowest BCUT2D eigenvalue weighted by molar-refractivity contribution is -0.146. The second-order valence-electron chi connectivity index (χ2n) is 3.84. The fourth-order valence-electron chi connectivity index (χ4n) is 1.41. The molecule has 0 bridgehead atoms. The molecule has 0 aromatic heterocycles. The predicted molar refractivity (Wildman–Crippen MR) is 72.1 cm³/mol. The van der Waals surface area contributed by atoms with Gasteiger partial charge in [0.1, 0.15) is 6.04 Å². The van der Waals surface area contributed by atoms with E-state index in [1.807, 2.05) is 24.3 Å². The number of amides is 1. The molecule has 0 fully saturated rings. The van der Waals surface area contributed by atoms with Gasteiger partial charge in [0.2, 0.25) is 5.91 Å². The molecule has 1 aromatic carbocycles. The minimum atomic E-state index is -0.618. The van der Waals surface area contributed by atoms with Gasteiger partial charge in [0.15, 0.2) is 0 Å². The molecule has 18 heavy (non-hydrogen) atoms. The summed E-state index contributed by atoms with van der Waals surface area (Å²) in [5.74, 6) is -0.612. The fourth-order valence-corrected chi connectivity index (χ4v) is 1.67. The molecular formula is C13H16BrNO3. The molecule has 1 rings (SSSR count). The molecule has 98 valence electrons. The van der Waals surface area contributed by atoms with Gasteiger partial charge in [0.25, 0.3) is 0 Å². The molecule has 0 saturated heterocycles. The van der Waals surface area contributed by atoms with Crippen molar-refractivity contribution in [1.29, 1.82) is 0 Å². The Morgan fingerprint density at radius 3 is 2.50 bits per heavy atom. The topological polar surface area (TPSA) is 55.4 Å². The number of carbonyl (C=O) groups excluding carboxylic acids is 2. The predicted octanol–water partition coefficient (Wildman–Crippen LogP) is 2.06. The highest BCUT2D eigenvalue weighted by molar-refractivity contribution is 9.10. The van der Waals surface area contributed by atoms with Crippen molar-refractivity contribution < 1.29 is 14.3 Å². The Kier molecular flexibility index (Phi) is 5.85. The van der Waals surface area contributed by atoms with E-state index in [2.05, 4.69) is 21.2 Å². The van der Waals surface area contributed by atoms with Gasteiger partial charge in [-0.05, 0) is 31.5 Å². The third-order valence-electron chi connectivity index (χ3n) is 2.30. The Labute approximate surface area is 115 Å². The molecule has 1 N–H and O–H groups in total. The second-order valence-corrected chi connectivity index (χ2v) is 4.76. The largest absolute Gasteiger partial charge is 0.464 e. The zero-order valence-corrected chi connectivity index (χ0v) is 12.0. The van der Waals surface area contributed by atoms with E-state index in [1.54, 1.807) is 13.8 Å². The van der Waals surface area contributed by atoms with Crippen LogP contribution < -0.4 is 5.32 Å². The maximum absolute atomic E-state index is 11.7. The van der Waals surface area contributed by atoms with E-state index in [-0.39, 0.29) is 12.3 Å². The number of hydrogen-bond donors (Lipinski definition) is 1. The number of esters is 1. The first-order valence-electron chi connectivity index (χ1n) is 5.73. The molecule has 1 unspecified atom stereocenters. The summed E-state index contributed by atoms with van der Waals surface area (Å²) >= 11 is 3.33. The summed E-state index contributed by atoms with van der Waals surface area (Å²) < 4.78 is 5.78. The molecule has 0 radical (unpaired) electrons. The van der Waals surface area contributed by atoms with Gasteiger partial charge in [-0.1, -0.05) is 28.1 Å². The number of rotatable bonds is 5. The van der Waals surface area contributed by atoms with Crippen LogP contribution in [-0.2, 0) is 20.7 Å². The molecule has 0 aliphatic rings. The first kappa shape index (κ1) is 14.7. The molecule has 0 aliphatic carbocycles. The molecule has 5 heteroatoms. The maximum Gasteiger partial charge on any atom is 0.328 e. The van der Waals surface area contributed by atoms with E-state index < -0.39 is 12.0 Å². The van der Waals surface area contributed by atoms with Crippen molar-refractivity contribution in [2.75, 3.05) is 6.61 Å². The van der Waals surface area contributed by atoms with Crippen LogP contribution in [-0.4, -0.2) is 24.5 Å². The SMILES string of the molecule is CCOC(=O)C(C)NC(=O)Cc1ccc(Br)cc1.